The molecular formula is C44H63NSi. The van der Waals surface area contributed by atoms with Gasteiger partial charge in [-0.2, -0.15) is 0 Å². The first kappa shape index (κ1) is 32.5. The van der Waals surface area contributed by atoms with Crippen molar-refractivity contribution in [3.63, 3.8) is 0 Å². The van der Waals surface area contributed by atoms with E-state index in [1.807, 2.05) is 5.57 Å². The Labute approximate surface area is 283 Å². The molecule has 1 saturated heterocycles. The van der Waals surface area contributed by atoms with Crippen molar-refractivity contribution in [1.82, 2.24) is 4.90 Å². The van der Waals surface area contributed by atoms with Gasteiger partial charge in [-0.15, -0.1) is 0 Å². The van der Waals surface area contributed by atoms with Crippen LogP contribution >= 0.6 is 0 Å². The SMILES string of the molecule is CCC(C)[Si](c1ccc(C2(C3C=CC(C)CC3)C3=C4C(CCC3)C3C=CC=CC3N4C3CC=CCC32)cc1)(C(C)CC)C(C)CC. The summed E-state index contributed by atoms with van der Waals surface area (Å²) in [6, 6.07) is 12.0. The minimum Gasteiger partial charge on any atom is -0.364 e. The number of benzene rings is 1. The highest BCUT2D eigenvalue weighted by Gasteiger charge is 2.62. The second-order valence-corrected chi connectivity index (χ2v) is 22.0. The van der Waals surface area contributed by atoms with Gasteiger partial charge < -0.3 is 4.90 Å². The normalized spacial score (nSPS) is 37.7. The molecule has 0 spiro atoms. The summed E-state index contributed by atoms with van der Waals surface area (Å²) in [6.07, 6.45) is 33.2. The van der Waals surface area contributed by atoms with Gasteiger partial charge in [-0.3, -0.25) is 0 Å². The minimum atomic E-state index is -1.79. The summed E-state index contributed by atoms with van der Waals surface area (Å²) in [5.74, 6) is 3.25. The maximum Gasteiger partial charge on any atom is 0.0950 e. The molecular weight excluding hydrogens is 571 g/mol. The van der Waals surface area contributed by atoms with E-state index in [2.05, 4.69) is 126 Å². The fraction of sp³-hybridized carbons (Fsp3) is 0.636. The van der Waals surface area contributed by atoms with Gasteiger partial charge in [0, 0.05) is 29.0 Å². The summed E-state index contributed by atoms with van der Waals surface area (Å²) >= 11 is 0. The molecule has 2 heterocycles. The first-order chi connectivity index (χ1) is 22.3. The van der Waals surface area contributed by atoms with Gasteiger partial charge in [0.2, 0.25) is 0 Å². The van der Waals surface area contributed by atoms with Crippen LogP contribution in [-0.4, -0.2) is 25.1 Å². The van der Waals surface area contributed by atoms with Gasteiger partial charge in [-0.25, -0.2) is 0 Å². The second kappa shape index (κ2) is 12.8. The lowest BCUT2D eigenvalue weighted by molar-refractivity contribution is 0.0600. The lowest BCUT2D eigenvalue weighted by atomic mass is 9.49. The zero-order valence-electron chi connectivity index (χ0n) is 30.2. The van der Waals surface area contributed by atoms with Crippen molar-refractivity contribution >= 4 is 13.3 Å². The van der Waals surface area contributed by atoms with E-state index in [4.69, 9.17) is 0 Å². The van der Waals surface area contributed by atoms with E-state index in [9.17, 15) is 0 Å². The molecule has 46 heavy (non-hydrogen) atoms. The maximum atomic E-state index is 3.02. The third-order valence-electron chi connectivity index (χ3n) is 15.0. The van der Waals surface area contributed by atoms with Crippen molar-refractivity contribution < 1.29 is 0 Å². The Morgan fingerprint density at radius 1 is 0.804 bits per heavy atom. The van der Waals surface area contributed by atoms with Crippen LogP contribution in [0.15, 0.2) is 84.1 Å². The van der Waals surface area contributed by atoms with Gasteiger partial charge in [-0.05, 0) is 90.5 Å². The smallest absolute Gasteiger partial charge is 0.0950 e. The molecule has 248 valence electrons. The van der Waals surface area contributed by atoms with E-state index in [1.54, 1.807) is 16.4 Å². The Morgan fingerprint density at radius 3 is 2.13 bits per heavy atom. The quantitative estimate of drug-likeness (QED) is 0.193. The average Bonchev–Trinajstić information content (AvgIpc) is 3.45. The van der Waals surface area contributed by atoms with Crippen LogP contribution in [0.2, 0.25) is 16.6 Å². The fourth-order valence-corrected chi connectivity index (χ4v) is 20.0. The summed E-state index contributed by atoms with van der Waals surface area (Å²) < 4.78 is 0. The van der Waals surface area contributed by atoms with Gasteiger partial charge in [0.05, 0.1) is 14.1 Å². The van der Waals surface area contributed by atoms with Crippen LogP contribution in [0, 0.1) is 29.6 Å². The van der Waals surface area contributed by atoms with Gasteiger partial charge >= 0.3 is 0 Å². The number of allylic oxidation sites excluding steroid dienone is 7. The van der Waals surface area contributed by atoms with Crippen LogP contribution in [0.3, 0.4) is 0 Å². The molecule has 2 aliphatic heterocycles. The molecule has 1 aromatic carbocycles. The van der Waals surface area contributed by atoms with Crippen LogP contribution in [-0.2, 0) is 5.41 Å². The van der Waals surface area contributed by atoms with Gasteiger partial charge in [0.1, 0.15) is 0 Å². The first-order valence-electron chi connectivity index (χ1n) is 19.7. The molecule has 0 amide bonds. The van der Waals surface area contributed by atoms with Gasteiger partial charge in [-0.1, -0.05) is 146 Å². The maximum absolute atomic E-state index is 3.02. The third-order valence-corrected chi connectivity index (χ3v) is 22.4. The molecule has 11 unspecified atom stereocenters. The monoisotopic (exact) mass is 633 g/mol. The number of fused-ring (bicyclic) bond motifs is 5. The molecule has 4 aliphatic carbocycles. The molecule has 0 bridgehead atoms. The summed E-state index contributed by atoms with van der Waals surface area (Å²) in [5, 5.41) is 1.75. The number of hydrogen-bond acceptors (Lipinski definition) is 1. The molecule has 7 rings (SSSR count). The predicted molar refractivity (Wildman–Crippen MR) is 201 cm³/mol. The molecule has 11 atom stereocenters. The molecule has 1 aromatic rings. The van der Waals surface area contributed by atoms with Crippen LogP contribution in [0.1, 0.15) is 118 Å². The van der Waals surface area contributed by atoms with Crippen molar-refractivity contribution in [2.24, 2.45) is 29.6 Å². The molecule has 0 N–H and O–H groups in total. The van der Waals surface area contributed by atoms with Crippen molar-refractivity contribution in [2.45, 2.75) is 147 Å². The average molecular weight is 634 g/mol. The van der Waals surface area contributed by atoms with E-state index >= 15 is 0 Å². The topological polar surface area (TPSA) is 3.24 Å². The highest BCUT2D eigenvalue weighted by Crippen LogP contribution is 2.64. The zero-order chi connectivity index (χ0) is 32.2. The molecule has 0 radical (unpaired) electrons. The van der Waals surface area contributed by atoms with Crippen molar-refractivity contribution in [2.75, 3.05) is 0 Å². The van der Waals surface area contributed by atoms with E-state index < -0.39 is 8.07 Å². The number of nitrogens with zero attached hydrogens (tertiary/aromatic N) is 1. The standard InChI is InChI=1S/C44H63NSi/c1-8-31(5)46(32(6)9-2,33(7)10-3)36-28-26-35(27-29-36)44(34-24-22-30(4)23-25-34)39-18-12-14-21-42(39)45-41-20-13-11-16-37(41)38-17-15-19-40(44)43(38)45/h11-14,16,20,22,24,26-34,37-39,41-42H,8-10,15,17-19,21,23,25H2,1-7H3. The summed E-state index contributed by atoms with van der Waals surface area (Å²) in [6.45, 7) is 17.6. The Kier molecular flexibility index (Phi) is 9.01. The van der Waals surface area contributed by atoms with Crippen LogP contribution in [0.5, 0.6) is 0 Å². The third kappa shape index (κ3) is 4.58. The van der Waals surface area contributed by atoms with Crippen molar-refractivity contribution in [3.05, 3.63) is 89.7 Å². The highest BCUT2D eigenvalue weighted by molar-refractivity contribution is 6.95. The van der Waals surface area contributed by atoms with Crippen LogP contribution in [0.25, 0.3) is 0 Å². The number of hydrogen-bond donors (Lipinski definition) is 0. The fourth-order valence-electron chi connectivity index (χ4n) is 12.6. The summed E-state index contributed by atoms with van der Waals surface area (Å²) in [5.41, 5.74) is 7.81. The Bertz CT molecular complexity index is 1380. The Hall–Kier alpha value is -2.06. The highest BCUT2D eigenvalue weighted by atomic mass is 28.3. The lowest BCUT2D eigenvalue weighted by Crippen LogP contribution is -2.60. The Balaban J connectivity index is 1.46. The van der Waals surface area contributed by atoms with Crippen molar-refractivity contribution in [1.29, 1.82) is 0 Å². The van der Waals surface area contributed by atoms with Gasteiger partial charge in [0.15, 0.2) is 0 Å². The molecule has 1 fully saturated rings. The van der Waals surface area contributed by atoms with E-state index in [0.29, 0.717) is 41.7 Å². The summed E-state index contributed by atoms with van der Waals surface area (Å²) in [7, 11) is -1.79. The molecule has 0 saturated carbocycles. The van der Waals surface area contributed by atoms with Crippen LogP contribution < -0.4 is 5.19 Å². The second-order valence-electron chi connectivity index (χ2n) is 16.6. The van der Waals surface area contributed by atoms with Crippen LogP contribution in [0.4, 0.5) is 0 Å². The van der Waals surface area contributed by atoms with Gasteiger partial charge in [0.25, 0.3) is 0 Å². The zero-order valence-corrected chi connectivity index (χ0v) is 31.2. The summed E-state index contributed by atoms with van der Waals surface area (Å²) in [4.78, 5) is 3.02. The van der Waals surface area contributed by atoms with Crippen molar-refractivity contribution in [3.8, 4) is 0 Å². The molecule has 6 aliphatic rings. The van der Waals surface area contributed by atoms with E-state index in [1.165, 1.54) is 64.2 Å². The lowest BCUT2D eigenvalue weighted by Gasteiger charge is -2.60. The number of rotatable bonds is 9. The minimum absolute atomic E-state index is 0.101. The molecule has 0 aromatic heterocycles. The largest absolute Gasteiger partial charge is 0.364 e. The molecule has 2 heteroatoms. The first-order valence-corrected chi connectivity index (χ1v) is 21.9. The Morgan fingerprint density at radius 2 is 1.48 bits per heavy atom. The van der Waals surface area contributed by atoms with E-state index in [0.717, 1.165) is 16.6 Å². The molecule has 1 nitrogen and oxygen atoms in total. The predicted octanol–water partition coefficient (Wildman–Crippen LogP) is 11.4. The van der Waals surface area contributed by atoms with E-state index in [-0.39, 0.29) is 5.41 Å².